The van der Waals surface area contributed by atoms with Gasteiger partial charge in [-0.2, -0.15) is 17.6 Å². The number of rotatable bonds is 7. The summed E-state index contributed by atoms with van der Waals surface area (Å²) in [6.45, 7) is 0. The number of halogens is 12. The van der Waals surface area contributed by atoms with Gasteiger partial charge in [0.2, 0.25) is 0 Å². The Morgan fingerprint density at radius 1 is 0.667 bits per heavy atom. The average Bonchev–Trinajstić information content (AvgIpc) is 2.86. The largest absolute Gasteiger partial charge is 0.461 e. The average molecular weight is 576 g/mol. The fourth-order valence-electron chi connectivity index (χ4n) is 2.85. The Hall–Kier alpha value is -4.44. The standard InChI is InChI=1S/C22H8F12N2O3/c23-9-4-7(13(25)17(29)15(9)27)19(37)35-6-1-2-12(39-22(33,34)21(31)32)11(3-6)36-20(38)8-5-10(24)16(28)18(30)14(8)26/h1-5,21H,(H,35,37)(H,36,38). The number of hydrogen-bond donors (Lipinski definition) is 2. The number of ether oxygens (including phenoxy) is 1. The van der Waals surface area contributed by atoms with Gasteiger partial charge in [0.15, 0.2) is 46.5 Å². The zero-order valence-corrected chi connectivity index (χ0v) is 18.2. The smallest absolute Gasteiger partial charge is 0.426 e. The van der Waals surface area contributed by atoms with Gasteiger partial charge in [0, 0.05) is 5.69 Å². The lowest BCUT2D eigenvalue weighted by molar-refractivity contribution is -0.252. The van der Waals surface area contributed by atoms with E-state index in [2.05, 4.69) is 4.74 Å². The number of hydrogen-bond acceptors (Lipinski definition) is 3. The molecule has 3 aromatic carbocycles. The van der Waals surface area contributed by atoms with Crippen molar-refractivity contribution in [2.75, 3.05) is 10.6 Å². The lowest BCUT2D eigenvalue weighted by Crippen LogP contribution is -2.33. The van der Waals surface area contributed by atoms with E-state index in [1.54, 1.807) is 10.6 Å². The van der Waals surface area contributed by atoms with Crippen molar-refractivity contribution in [2.45, 2.75) is 12.5 Å². The Balaban J connectivity index is 2.02. The molecule has 0 aliphatic carbocycles. The van der Waals surface area contributed by atoms with Gasteiger partial charge in [-0.15, -0.1) is 0 Å². The van der Waals surface area contributed by atoms with E-state index in [1.165, 1.54) is 0 Å². The first-order valence-corrected chi connectivity index (χ1v) is 9.82. The molecule has 0 aliphatic heterocycles. The minimum atomic E-state index is -5.21. The van der Waals surface area contributed by atoms with E-state index >= 15 is 0 Å². The SMILES string of the molecule is O=C(Nc1ccc(OC(F)(F)C(F)F)c(NC(=O)c2cc(F)c(F)c(F)c2F)c1)c1cc(F)c(F)c(F)c1F. The molecule has 3 rings (SSSR count). The van der Waals surface area contributed by atoms with Crippen LogP contribution in [0.25, 0.3) is 0 Å². The molecule has 0 radical (unpaired) electrons. The van der Waals surface area contributed by atoms with Gasteiger partial charge in [-0.3, -0.25) is 9.59 Å². The highest BCUT2D eigenvalue weighted by Gasteiger charge is 2.44. The maximum absolute atomic E-state index is 14.0. The Labute approximate surface area is 208 Å². The predicted octanol–water partition coefficient (Wildman–Crippen LogP) is 6.54. The van der Waals surface area contributed by atoms with Crippen LogP contribution in [0.4, 0.5) is 64.1 Å². The summed E-state index contributed by atoms with van der Waals surface area (Å²) in [6.07, 6.45) is -9.65. The van der Waals surface area contributed by atoms with Gasteiger partial charge in [-0.05, 0) is 30.3 Å². The molecule has 0 saturated carbocycles. The highest BCUT2D eigenvalue weighted by Crippen LogP contribution is 2.35. The van der Waals surface area contributed by atoms with E-state index in [0.717, 1.165) is 0 Å². The molecular weight excluding hydrogens is 568 g/mol. The second-order valence-corrected chi connectivity index (χ2v) is 7.28. The molecule has 0 saturated heterocycles. The van der Waals surface area contributed by atoms with Gasteiger partial charge in [0.25, 0.3) is 11.8 Å². The molecule has 3 aromatic rings. The molecule has 0 fully saturated rings. The van der Waals surface area contributed by atoms with Crippen molar-refractivity contribution in [3.8, 4) is 5.75 Å². The molecule has 0 aliphatic rings. The van der Waals surface area contributed by atoms with E-state index in [4.69, 9.17) is 0 Å². The van der Waals surface area contributed by atoms with E-state index < -0.39 is 99.1 Å². The zero-order valence-electron chi connectivity index (χ0n) is 18.2. The van der Waals surface area contributed by atoms with Gasteiger partial charge < -0.3 is 15.4 Å². The summed E-state index contributed by atoms with van der Waals surface area (Å²) in [7, 11) is 0. The molecule has 0 bridgehead atoms. The van der Waals surface area contributed by atoms with E-state index in [0.29, 0.717) is 18.2 Å². The fraction of sp³-hybridized carbons (Fsp3) is 0.0909. The molecule has 0 aromatic heterocycles. The number of nitrogens with one attached hydrogen (secondary N) is 2. The molecule has 0 unspecified atom stereocenters. The number of amides is 2. The minimum Gasteiger partial charge on any atom is -0.426 e. The fourth-order valence-corrected chi connectivity index (χ4v) is 2.85. The van der Waals surface area contributed by atoms with Crippen molar-refractivity contribution in [1.82, 2.24) is 0 Å². The third-order valence-corrected chi connectivity index (χ3v) is 4.68. The predicted molar refractivity (Wildman–Crippen MR) is 106 cm³/mol. The molecule has 2 amide bonds. The maximum atomic E-state index is 14.0. The van der Waals surface area contributed by atoms with Crippen LogP contribution < -0.4 is 15.4 Å². The normalized spacial score (nSPS) is 11.5. The Bertz CT molecular complexity index is 1480. The lowest BCUT2D eigenvalue weighted by atomic mass is 10.1. The summed E-state index contributed by atoms with van der Waals surface area (Å²) in [5.74, 6) is -22.6. The monoisotopic (exact) mass is 576 g/mol. The second-order valence-electron chi connectivity index (χ2n) is 7.28. The molecule has 0 heterocycles. The molecule has 2 N–H and O–H groups in total. The van der Waals surface area contributed by atoms with E-state index in [-0.39, 0.29) is 12.1 Å². The van der Waals surface area contributed by atoms with Crippen molar-refractivity contribution in [3.63, 3.8) is 0 Å². The van der Waals surface area contributed by atoms with Gasteiger partial charge in [0.1, 0.15) is 5.75 Å². The van der Waals surface area contributed by atoms with Gasteiger partial charge in [0.05, 0.1) is 16.8 Å². The Kier molecular flexibility index (Phi) is 8.02. The third-order valence-electron chi connectivity index (χ3n) is 4.68. The van der Waals surface area contributed by atoms with Crippen LogP contribution in [-0.2, 0) is 0 Å². The van der Waals surface area contributed by atoms with Crippen molar-refractivity contribution < 1.29 is 67.0 Å². The molecule has 39 heavy (non-hydrogen) atoms. The third kappa shape index (κ3) is 5.85. The Morgan fingerprint density at radius 3 is 1.59 bits per heavy atom. The van der Waals surface area contributed by atoms with Crippen LogP contribution in [-0.4, -0.2) is 24.3 Å². The van der Waals surface area contributed by atoms with Crippen LogP contribution in [0.15, 0.2) is 30.3 Å². The summed E-state index contributed by atoms with van der Waals surface area (Å²) in [5.41, 5.74) is -4.71. The number of anilines is 2. The second kappa shape index (κ2) is 10.7. The number of carbonyl (C=O) groups is 2. The number of alkyl halides is 4. The summed E-state index contributed by atoms with van der Waals surface area (Å²) in [5, 5.41) is 3.32. The van der Waals surface area contributed by atoms with Crippen LogP contribution in [0, 0.1) is 46.5 Å². The first-order valence-electron chi connectivity index (χ1n) is 9.82. The Morgan fingerprint density at radius 2 is 1.13 bits per heavy atom. The topological polar surface area (TPSA) is 67.4 Å². The number of carbonyl (C=O) groups excluding carboxylic acids is 2. The van der Waals surface area contributed by atoms with Crippen LogP contribution in [0.3, 0.4) is 0 Å². The van der Waals surface area contributed by atoms with Crippen molar-refractivity contribution in [3.05, 3.63) is 88.0 Å². The minimum absolute atomic E-state index is 0.0488. The molecule has 17 heteroatoms. The molecule has 0 atom stereocenters. The first kappa shape index (κ1) is 29.1. The van der Waals surface area contributed by atoms with Gasteiger partial charge in [-0.25, -0.2) is 35.1 Å². The van der Waals surface area contributed by atoms with Crippen LogP contribution in [0.1, 0.15) is 20.7 Å². The molecular formula is C22H8F12N2O3. The summed E-state index contributed by atoms with van der Waals surface area (Å²) < 4.78 is 164. The quantitative estimate of drug-likeness (QED) is 0.191. The maximum Gasteiger partial charge on any atom is 0.461 e. The van der Waals surface area contributed by atoms with Crippen LogP contribution >= 0.6 is 0 Å². The van der Waals surface area contributed by atoms with Crippen LogP contribution in [0.2, 0.25) is 0 Å². The summed E-state index contributed by atoms with van der Waals surface area (Å²) >= 11 is 0. The first-order chi connectivity index (χ1) is 18.0. The summed E-state index contributed by atoms with van der Waals surface area (Å²) in [4.78, 5) is 24.6. The molecule has 0 spiro atoms. The lowest BCUT2D eigenvalue weighted by Gasteiger charge is -2.20. The highest BCUT2D eigenvalue weighted by molar-refractivity contribution is 6.07. The van der Waals surface area contributed by atoms with E-state index in [1.807, 2.05) is 0 Å². The van der Waals surface area contributed by atoms with Crippen molar-refractivity contribution in [1.29, 1.82) is 0 Å². The molecule has 5 nitrogen and oxygen atoms in total. The van der Waals surface area contributed by atoms with Crippen molar-refractivity contribution in [2.24, 2.45) is 0 Å². The highest BCUT2D eigenvalue weighted by atomic mass is 19.3. The number of benzene rings is 3. The van der Waals surface area contributed by atoms with E-state index in [9.17, 15) is 62.3 Å². The van der Waals surface area contributed by atoms with Crippen LogP contribution in [0.5, 0.6) is 5.75 Å². The summed E-state index contributed by atoms with van der Waals surface area (Å²) in [6, 6.07) is 1.24. The van der Waals surface area contributed by atoms with Gasteiger partial charge in [-0.1, -0.05) is 0 Å². The molecule has 208 valence electrons. The van der Waals surface area contributed by atoms with Crippen molar-refractivity contribution >= 4 is 23.2 Å². The zero-order chi connectivity index (χ0) is 29.4. The van der Waals surface area contributed by atoms with Gasteiger partial charge >= 0.3 is 12.5 Å².